The first-order valence-electron chi connectivity index (χ1n) is 12.9. The zero-order valence-corrected chi connectivity index (χ0v) is 22.7. The molecule has 2 amide bonds. The number of carboxylic acid groups (broad SMARTS) is 1. The van der Waals surface area contributed by atoms with Gasteiger partial charge in [0.25, 0.3) is 0 Å². The Morgan fingerprint density at radius 1 is 0.846 bits per heavy atom. The van der Waals surface area contributed by atoms with Crippen LogP contribution in [0.15, 0.2) is 72.8 Å². The van der Waals surface area contributed by atoms with Crippen molar-refractivity contribution in [3.8, 4) is 11.1 Å². The summed E-state index contributed by atoms with van der Waals surface area (Å²) in [5.74, 6) is -1.25. The number of hydrogen-bond donors (Lipinski definition) is 2. The summed E-state index contributed by atoms with van der Waals surface area (Å²) in [4.78, 5) is 51.1. The number of carbonyl (C=O) groups is 4. The number of anilines is 1. The number of hydrogen-bond acceptors (Lipinski definition) is 4. The Labute approximate surface area is 232 Å². The highest BCUT2D eigenvalue weighted by Gasteiger charge is 2.30. The molecule has 4 rings (SSSR count). The molecule has 1 fully saturated rings. The van der Waals surface area contributed by atoms with Gasteiger partial charge in [0.05, 0.1) is 5.41 Å². The van der Waals surface area contributed by atoms with Gasteiger partial charge in [-0.25, -0.2) is 4.79 Å². The van der Waals surface area contributed by atoms with E-state index < -0.39 is 11.4 Å². The van der Waals surface area contributed by atoms with Gasteiger partial charge in [-0.2, -0.15) is 0 Å². The van der Waals surface area contributed by atoms with E-state index in [2.05, 4.69) is 5.32 Å². The molecule has 0 atom stereocenters. The number of benzene rings is 3. The predicted molar refractivity (Wildman–Crippen MR) is 151 cm³/mol. The van der Waals surface area contributed by atoms with Crippen molar-refractivity contribution in [2.45, 2.75) is 33.1 Å². The van der Waals surface area contributed by atoms with Crippen LogP contribution in [-0.4, -0.2) is 46.7 Å². The van der Waals surface area contributed by atoms with E-state index in [1.807, 2.05) is 36.4 Å². The SMILES string of the molecule is CC(C)(CC(=O)c1ccc(-c2ccc(NC(=O)N3CCC(C(=O)c4ccc(Cl)cc4)CC3)cc2)cc1)C(=O)O. The van der Waals surface area contributed by atoms with E-state index in [4.69, 9.17) is 11.6 Å². The number of aliphatic carboxylic acids is 1. The molecule has 8 heteroatoms. The minimum atomic E-state index is -1.12. The molecule has 1 heterocycles. The van der Waals surface area contributed by atoms with Crippen molar-refractivity contribution in [1.29, 1.82) is 0 Å². The lowest BCUT2D eigenvalue weighted by atomic mass is 9.85. The normalized spacial score (nSPS) is 14.1. The van der Waals surface area contributed by atoms with Gasteiger partial charge in [0.15, 0.2) is 11.6 Å². The third kappa shape index (κ3) is 6.92. The predicted octanol–water partition coefficient (Wildman–Crippen LogP) is 6.82. The van der Waals surface area contributed by atoms with Crippen molar-refractivity contribution in [3.05, 3.63) is 88.9 Å². The number of nitrogens with zero attached hydrogens (tertiary/aromatic N) is 1. The van der Waals surface area contributed by atoms with E-state index in [1.54, 1.807) is 41.3 Å². The molecule has 0 unspecified atom stereocenters. The molecule has 1 saturated heterocycles. The summed E-state index contributed by atoms with van der Waals surface area (Å²) in [5, 5.41) is 12.8. The van der Waals surface area contributed by atoms with E-state index in [1.165, 1.54) is 13.8 Å². The molecule has 0 bridgehead atoms. The van der Waals surface area contributed by atoms with Gasteiger partial charge in [0.1, 0.15) is 0 Å². The topological polar surface area (TPSA) is 104 Å². The maximum Gasteiger partial charge on any atom is 0.321 e. The molecule has 3 aromatic rings. The Bertz CT molecular complexity index is 1360. The number of Topliss-reactive ketones (excluding diaryl/α,β-unsaturated/α-hetero) is 2. The molecule has 1 aliphatic rings. The number of nitrogens with one attached hydrogen (secondary N) is 1. The zero-order valence-electron chi connectivity index (χ0n) is 21.9. The Morgan fingerprint density at radius 3 is 1.90 bits per heavy atom. The van der Waals surface area contributed by atoms with Gasteiger partial charge in [-0.05, 0) is 74.2 Å². The van der Waals surface area contributed by atoms with E-state index >= 15 is 0 Å². The summed E-state index contributed by atoms with van der Waals surface area (Å²) in [6.45, 7) is 4.08. The third-order valence-corrected chi connectivity index (χ3v) is 7.39. The van der Waals surface area contributed by atoms with Crippen molar-refractivity contribution >= 4 is 40.9 Å². The van der Waals surface area contributed by atoms with Gasteiger partial charge >= 0.3 is 12.0 Å². The number of carbonyl (C=O) groups excluding carboxylic acids is 3. The Balaban J connectivity index is 1.30. The van der Waals surface area contributed by atoms with Crippen LogP contribution in [0.2, 0.25) is 5.02 Å². The van der Waals surface area contributed by atoms with Gasteiger partial charge < -0.3 is 15.3 Å². The Kier molecular flexibility index (Phi) is 8.51. The number of likely N-dealkylation sites (tertiary alicyclic amines) is 1. The molecule has 0 aromatic heterocycles. The monoisotopic (exact) mass is 546 g/mol. The summed E-state index contributed by atoms with van der Waals surface area (Å²) in [7, 11) is 0. The molecule has 0 saturated carbocycles. The molecule has 2 N–H and O–H groups in total. The number of rotatable bonds is 8. The fourth-order valence-electron chi connectivity index (χ4n) is 4.57. The molecule has 7 nitrogen and oxygen atoms in total. The first kappa shape index (κ1) is 28.0. The molecule has 39 heavy (non-hydrogen) atoms. The zero-order chi connectivity index (χ0) is 28.2. The molecule has 202 valence electrons. The molecular formula is C31H31ClN2O5. The summed E-state index contributed by atoms with van der Waals surface area (Å²) in [6, 6.07) is 21.2. The quantitative estimate of drug-likeness (QED) is 0.302. The van der Waals surface area contributed by atoms with Gasteiger partial charge in [0, 0.05) is 47.3 Å². The number of halogens is 1. The minimum Gasteiger partial charge on any atom is -0.481 e. The van der Waals surface area contributed by atoms with Gasteiger partial charge in [-0.3, -0.25) is 14.4 Å². The standard InChI is InChI=1S/C31H31ClN2O5/c1-31(2,29(37)38)19-27(35)22-5-3-20(4-6-22)21-9-13-26(14-10-21)33-30(39)34-17-15-24(16-18-34)28(36)23-7-11-25(32)12-8-23/h3-14,24H,15-19H2,1-2H3,(H,33,39)(H,37,38). The summed E-state index contributed by atoms with van der Waals surface area (Å²) in [6.07, 6.45) is 1.15. The minimum absolute atomic E-state index is 0.0770. The van der Waals surface area contributed by atoms with Gasteiger partial charge in [-0.1, -0.05) is 48.0 Å². The van der Waals surface area contributed by atoms with E-state index in [0.29, 0.717) is 47.8 Å². The molecule has 0 spiro atoms. The van der Waals surface area contributed by atoms with E-state index in [-0.39, 0.29) is 29.9 Å². The largest absolute Gasteiger partial charge is 0.481 e. The average molecular weight is 547 g/mol. The highest BCUT2D eigenvalue weighted by atomic mass is 35.5. The second kappa shape index (κ2) is 11.8. The third-order valence-electron chi connectivity index (χ3n) is 7.14. The van der Waals surface area contributed by atoms with Crippen LogP contribution in [0.3, 0.4) is 0 Å². The molecule has 0 radical (unpaired) electrons. The van der Waals surface area contributed by atoms with Crippen molar-refractivity contribution < 1.29 is 24.3 Å². The molecule has 1 aliphatic heterocycles. The Morgan fingerprint density at radius 2 is 1.36 bits per heavy atom. The maximum absolute atomic E-state index is 12.8. The van der Waals surface area contributed by atoms with Crippen LogP contribution in [0.5, 0.6) is 0 Å². The van der Waals surface area contributed by atoms with Gasteiger partial charge in [0.2, 0.25) is 0 Å². The van der Waals surface area contributed by atoms with Crippen LogP contribution in [0.1, 0.15) is 53.8 Å². The molecule has 3 aromatic carbocycles. The van der Waals surface area contributed by atoms with Crippen molar-refractivity contribution in [1.82, 2.24) is 4.90 Å². The van der Waals surface area contributed by atoms with Gasteiger partial charge in [-0.15, -0.1) is 0 Å². The van der Waals surface area contributed by atoms with Crippen molar-refractivity contribution in [3.63, 3.8) is 0 Å². The fourth-order valence-corrected chi connectivity index (χ4v) is 4.70. The number of ketones is 2. The van der Waals surface area contributed by atoms with Crippen LogP contribution in [0.25, 0.3) is 11.1 Å². The van der Waals surface area contributed by atoms with Crippen LogP contribution in [0, 0.1) is 11.3 Å². The summed E-state index contributed by atoms with van der Waals surface area (Å²) in [5.41, 5.74) is 2.46. The second-order valence-electron chi connectivity index (χ2n) is 10.5. The molecule has 0 aliphatic carbocycles. The second-order valence-corrected chi connectivity index (χ2v) is 10.9. The lowest BCUT2D eigenvalue weighted by Gasteiger charge is -2.31. The Hall–Kier alpha value is -3.97. The highest BCUT2D eigenvalue weighted by molar-refractivity contribution is 6.30. The number of carboxylic acids is 1. The van der Waals surface area contributed by atoms with Crippen LogP contribution < -0.4 is 5.32 Å². The van der Waals surface area contributed by atoms with E-state index in [9.17, 15) is 24.3 Å². The summed E-state index contributed by atoms with van der Waals surface area (Å²) >= 11 is 5.92. The maximum atomic E-state index is 12.8. The smallest absolute Gasteiger partial charge is 0.321 e. The van der Waals surface area contributed by atoms with Crippen LogP contribution in [0.4, 0.5) is 10.5 Å². The molecular weight excluding hydrogens is 516 g/mol. The lowest BCUT2D eigenvalue weighted by molar-refractivity contribution is -0.146. The first-order valence-corrected chi connectivity index (χ1v) is 13.2. The number of urea groups is 1. The van der Waals surface area contributed by atoms with Crippen molar-refractivity contribution in [2.24, 2.45) is 11.3 Å². The number of piperidine rings is 1. The van der Waals surface area contributed by atoms with Crippen molar-refractivity contribution in [2.75, 3.05) is 18.4 Å². The fraction of sp³-hybridized carbons (Fsp3) is 0.290. The van der Waals surface area contributed by atoms with Crippen LogP contribution >= 0.6 is 11.6 Å². The highest BCUT2D eigenvalue weighted by Crippen LogP contribution is 2.27. The van der Waals surface area contributed by atoms with Crippen LogP contribution in [-0.2, 0) is 4.79 Å². The average Bonchev–Trinajstić information content (AvgIpc) is 2.93. The lowest BCUT2D eigenvalue weighted by Crippen LogP contribution is -2.42. The van der Waals surface area contributed by atoms with E-state index in [0.717, 1.165) is 11.1 Å². The first-order chi connectivity index (χ1) is 18.5. The number of amides is 2. The summed E-state index contributed by atoms with van der Waals surface area (Å²) < 4.78 is 0.